The quantitative estimate of drug-likeness (QED) is 0.724. The van der Waals surface area contributed by atoms with Gasteiger partial charge in [0.2, 0.25) is 5.89 Å². The van der Waals surface area contributed by atoms with Crippen LogP contribution in [0.5, 0.6) is 5.75 Å². The lowest BCUT2D eigenvalue weighted by Gasteiger charge is -2.05. The fraction of sp³-hybridized carbons (Fsp3) is 0.211. The Hall–Kier alpha value is -2.79. The van der Waals surface area contributed by atoms with Crippen LogP contribution in [0.3, 0.4) is 0 Å². The molecule has 0 fully saturated rings. The van der Waals surface area contributed by atoms with E-state index in [9.17, 15) is 0 Å². The van der Waals surface area contributed by atoms with Gasteiger partial charge in [-0.25, -0.2) is 4.98 Å². The van der Waals surface area contributed by atoms with E-state index in [1.165, 1.54) is 0 Å². The summed E-state index contributed by atoms with van der Waals surface area (Å²) in [5, 5.41) is 10.1. The van der Waals surface area contributed by atoms with Crippen LogP contribution < -0.4 is 10.1 Å². The van der Waals surface area contributed by atoms with Gasteiger partial charge in [0.1, 0.15) is 12.0 Å². The van der Waals surface area contributed by atoms with E-state index >= 15 is 0 Å². The first-order valence-electron chi connectivity index (χ1n) is 7.70. The van der Waals surface area contributed by atoms with Crippen LogP contribution in [0.1, 0.15) is 5.69 Å². The Morgan fingerprint density at radius 3 is 2.42 bits per heavy atom. The van der Waals surface area contributed by atoms with Crippen LogP contribution in [0.15, 0.2) is 65.3 Å². The molecule has 0 saturated carbocycles. The molecule has 5 heteroatoms. The fourth-order valence-corrected chi connectivity index (χ4v) is 2.13. The number of benzene rings is 2. The topological polar surface area (TPSA) is 67.5 Å². The van der Waals surface area contributed by atoms with Crippen LogP contribution in [0.25, 0.3) is 11.5 Å². The number of rotatable bonds is 6. The van der Waals surface area contributed by atoms with Crippen molar-refractivity contribution in [1.29, 1.82) is 0 Å². The molecule has 0 atom stereocenters. The summed E-state index contributed by atoms with van der Waals surface area (Å²) in [5.74, 6) is 1.50. The molecule has 3 aromatic rings. The largest absolute Gasteiger partial charge is 0.493 e. The molecule has 2 N–H and O–H groups in total. The second kappa shape index (κ2) is 9.37. The van der Waals surface area contributed by atoms with E-state index in [1.807, 2.05) is 61.6 Å². The first-order chi connectivity index (χ1) is 11.8. The molecular formula is C19H22N2O3. The van der Waals surface area contributed by atoms with Gasteiger partial charge in [0.15, 0.2) is 0 Å². The molecule has 3 rings (SSSR count). The molecule has 0 aliphatic carbocycles. The van der Waals surface area contributed by atoms with Crippen LogP contribution in [-0.4, -0.2) is 30.9 Å². The molecule has 1 aromatic heterocycles. The molecule has 0 amide bonds. The Morgan fingerprint density at radius 2 is 1.75 bits per heavy atom. The predicted molar refractivity (Wildman–Crippen MR) is 95.3 cm³/mol. The first kappa shape index (κ1) is 17.6. The number of aliphatic hydroxyl groups is 1. The molecule has 0 saturated heterocycles. The summed E-state index contributed by atoms with van der Waals surface area (Å²) in [6, 6.07) is 17.7. The fourth-order valence-electron chi connectivity index (χ4n) is 2.13. The van der Waals surface area contributed by atoms with Crippen molar-refractivity contribution in [2.24, 2.45) is 0 Å². The number of nitrogens with one attached hydrogen (secondary N) is 1. The van der Waals surface area contributed by atoms with Crippen molar-refractivity contribution >= 4 is 5.69 Å². The standard InChI is InChI=1S/C18H18N2O2.CH4O/c1-19-15-7-9-17(10-8-15)21-12-11-16-13-22-18(20-16)14-5-3-2-4-6-14;1-2/h2-10,13,19H,11-12H2,1H3;2H,1H3. The molecule has 0 aliphatic rings. The summed E-state index contributed by atoms with van der Waals surface area (Å²) in [4.78, 5) is 4.48. The maximum Gasteiger partial charge on any atom is 0.226 e. The highest BCUT2D eigenvalue weighted by Gasteiger charge is 2.06. The zero-order valence-corrected chi connectivity index (χ0v) is 13.9. The van der Waals surface area contributed by atoms with E-state index < -0.39 is 0 Å². The molecule has 24 heavy (non-hydrogen) atoms. The summed E-state index contributed by atoms with van der Waals surface area (Å²) in [6.45, 7) is 0.569. The second-order valence-corrected chi connectivity index (χ2v) is 4.88. The normalized spacial score (nSPS) is 9.79. The molecule has 0 aliphatic heterocycles. The SMILES string of the molecule is CNc1ccc(OCCc2coc(-c3ccccc3)n2)cc1.CO. The van der Waals surface area contributed by atoms with E-state index in [2.05, 4.69) is 10.3 Å². The average molecular weight is 326 g/mol. The van der Waals surface area contributed by atoms with E-state index in [-0.39, 0.29) is 0 Å². The Balaban J connectivity index is 0.00000100. The van der Waals surface area contributed by atoms with E-state index in [0.717, 1.165) is 29.8 Å². The van der Waals surface area contributed by atoms with E-state index in [4.69, 9.17) is 14.3 Å². The monoisotopic (exact) mass is 326 g/mol. The molecule has 1 heterocycles. The van der Waals surface area contributed by atoms with Crippen LogP contribution in [0, 0.1) is 0 Å². The maximum absolute atomic E-state index is 7.00. The number of hydrogen-bond donors (Lipinski definition) is 2. The van der Waals surface area contributed by atoms with E-state index in [0.29, 0.717) is 18.9 Å². The highest BCUT2D eigenvalue weighted by Crippen LogP contribution is 2.19. The summed E-state index contributed by atoms with van der Waals surface area (Å²) < 4.78 is 11.2. The number of anilines is 1. The van der Waals surface area contributed by atoms with Gasteiger partial charge in [-0.3, -0.25) is 0 Å². The summed E-state index contributed by atoms with van der Waals surface area (Å²) in [6.07, 6.45) is 2.40. The van der Waals surface area contributed by atoms with E-state index in [1.54, 1.807) is 6.26 Å². The predicted octanol–water partition coefficient (Wildman–Crippen LogP) is 3.61. The molecule has 5 nitrogen and oxygen atoms in total. The van der Waals surface area contributed by atoms with Gasteiger partial charge in [0, 0.05) is 31.8 Å². The number of ether oxygens (including phenoxy) is 1. The molecule has 0 spiro atoms. The lowest BCUT2D eigenvalue weighted by molar-refractivity contribution is 0.320. The van der Waals surface area contributed by atoms with Gasteiger partial charge in [-0.15, -0.1) is 0 Å². The van der Waals surface area contributed by atoms with Crippen molar-refractivity contribution in [3.63, 3.8) is 0 Å². The molecule has 126 valence electrons. The Morgan fingerprint density at radius 1 is 1.04 bits per heavy atom. The van der Waals surface area contributed by atoms with Crippen molar-refractivity contribution in [3.05, 3.63) is 66.6 Å². The zero-order valence-electron chi connectivity index (χ0n) is 13.9. The van der Waals surface area contributed by atoms with Crippen molar-refractivity contribution in [2.75, 3.05) is 26.1 Å². The van der Waals surface area contributed by atoms with Gasteiger partial charge in [-0.05, 0) is 36.4 Å². The zero-order chi connectivity index (χ0) is 17.2. The van der Waals surface area contributed by atoms with Gasteiger partial charge in [-0.2, -0.15) is 0 Å². The van der Waals surface area contributed by atoms with Gasteiger partial charge in [0.05, 0.1) is 12.3 Å². The minimum absolute atomic E-state index is 0.569. The van der Waals surface area contributed by atoms with Crippen LogP contribution in [0.2, 0.25) is 0 Å². The third-order valence-corrected chi connectivity index (χ3v) is 3.34. The lowest BCUT2D eigenvalue weighted by atomic mass is 10.2. The number of nitrogens with zero attached hydrogens (tertiary/aromatic N) is 1. The Labute approximate surface area is 141 Å². The number of hydrogen-bond acceptors (Lipinski definition) is 5. The molecule has 0 unspecified atom stereocenters. The number of aliphatic hydroxyl groups excluding tert-OH is 1. The van der Waals surface area contributed by atoms with Crippen LogP contribution in [-0.2, 0) is 6.42 Å². The van der Waals surface area contributed by atoms with Crippen molar-refractivity contribution in [1.82, 2.24) is 4.98 Å². The maximum atomic E-state index is 7.00. The number of oxazole rings is 1. The Kier molecular flexibility index (Phi) is 6.86. The van der Waals surface area contributed by atoms with Gasteiger partial charge < -0.3 is 19.6 Å². The van der Waals surface area contributed by atoms with Crippen LogP contribution in [0.4, 0.5) is 5.69 Å². The van der Waals surface area contributed by atoms with Crippen molar-refractivity contribution in [3.8, 4) is 17.2 Å². The average Bonchev–Trinajstić information content (AvgIpc) is 3.14. The summed E-state index contributed by atoms with van der Waals surface area (Å²) in [5.41, 5.74) is 2.94. The first-order valence-corrected chi connectivity index (χ1v) is 7.70. The lowest BCUT2D eigenvalue weighted by Crippen LogP contribution is -2.01. The smallest absolute Gasteiger partial charge is 0.226 e. The molecule has 0 radical (unpaired) electrons. The minimum Gasteiger partial charge on any atom is -0.493 e. The van der Waals surface area contributed by atoms with Gasteiger partial charge in [0.25, 0.3) is 0 Å². The van der Waals surface area contributed by atoms with Gasteiger partial charge >= 0.3 is 0 Å². The highest BCUT2D eigenvalue weighted by molar-refractivity contribution is 5.52. The Bertz CT molecular complexity index is 709. The van der Waals surface area contributed by atoms with Crippen LogP contribution >= 0.6 is 0 Å². The van der Waals surface area contributed by atoms with Crippen molar-refractivity contribution in [2.45, 2.75) is 6.42 Å². The summed E-state index contributed by atoms with van der Waals surface area (Å²) >= 11 is 0. The number of aromatic nitrogens is 1. The highest BCUT2D eigenvalue weighted by atomic mass is 16.5. The molecule has 0 bridgehead atoms. The second-order valence-electron chi connectivity index (χ2n) is 4.88. The third kappa shape index (κ3) is 4.86. The third-order valence-electron chi connectivity index (χ3n) is 3.34. The minimum atomic E-state index is 0.569. The van der Waals surface area contributed by atoms with Gasteiger partial charge in [-0.1, -0.05) is 18.2 Å². The molecule has 2 aromatic carbocycles. The summed E-state index contributed by atoms with van der Waals surface area (Å²) in [7, 11) is 2.89. The van der Waals surface area contributed by atoms with Crippen molar-refractivity contribution < 1.29 is 14.3 Å². The molecular weight excluding hydrogens is 304 g/mol.